The quantitative estimate of drug-likeness (QED) is 0.777. The van der Waals surface area contributed by atoms with Gasteiger partial charge >= 0.3 is 5.97 Å². The van der Waals surface area contributed by atoms with Crippen LogP contribution in [0.1, 0.15) is 31.0 Å². The Hall–Kier alpha value is -2.17. The van der Waals surface area contributed by atoms with Crippen LogP contribution in [0.3, 0.4) is 0 Å². The van der Waals surface area contributed by atoms with Crippen molar-refractivity contribution in [3.63, 3.8) is 0 Å². The van der Waals surface area contributed by atoms with Gasteiger partial charge in [-0.15, -0.1) is 0 Å². The van der Waals surface area contributed by atoms with Crippen LogP contribution >= 0.6 is 0 Å². The maximum Gasteiger partial charge on any atom is 0.328 e. The second-order valence-electron chi connectivity index (χ2n) is 4.49. The van der Waals surface area contributed by atoms with Crippen LogP contribution < -0.4 is 4.72 Å². The molecule has 0 aliphatic carbocycles. The van der Waals surface area contributed by atoms with E-state index in [1.807, 2.05) is 0 Å². The molecule has 1 aromatic rings. The Labute approximate surface area is 123 Å². The lowest BCUT2D eigenvalue weighted by molar-refractivity contribution is -0.131. The number of hydrogen-bond donors (Lipinski definition) is 2. The van der Waals surface area contributed by atoms with Crippen LogP contribution in [0.2, 0.25) is 0 Å². The number of benzene rings is 1. The predicted molar refractivity (Wildman–Crippen MR) is 78.7 cm³/mol. The molecule has 0 heterocycles. The molecule has 0 aliphatic rings. The fourth-order valence-electron chi connectivity index (χ4n) is 1.55. The summed E-state index contributed by atoms with van der Waals surface area (Å²) in [6.07, 6.45) is 2.47. The van der Waals surface area contributed by atoms with Gasteiger partial charge < -0.3 is 5.11 Å². The van der Waals surface area contributed by atoms with Crippen LogP contribution in [0.15, 0.2) is 30.3 Å². The zero-order chi connectivity index (χ0) is 16.0. The molecule has 7 heteroatoms. The summed E-state index contributed by atoms with van der Waals surface area (Å²) in [5, 5.41) is 16.1. The highest BCUT2D eigenvalue weighted by atomic mass is 32.2. The lowest BCUT2D eigenvalue weighted by Crippen LogP contribution is -2.33. The number of sulfonamides is 1. The van der Waals surface area contributed by atoms with Gasteiger partial charge in [0.15, 0.2) is 5.25 Å². The van der Waals surface area contributed by atoms with Crippen LogP contribution in [-0.4, -0.2) is 24.7 Å². The van der Waals surface area contributed by atoms with E-state index in [-0.39, 0.29) is 0 Å². The van der Waals surface area contributed by atoms with E-state index in [0.29, 0.717) is 5.56 Å². The Kier molecular flexibility index (Phi) is 5.64. The van der Waals surface area contributed by atoms with Crippen molar-refractivity contribution in [2.24, 2.45) is 0 Å². The van der Waals surface area contributed by atoms with E-state index < -0.39 is 27.3 Å². The summed E-state index contributed by atoms with van der Waals surface area (Å²) in [7, 11) is -3.69. The maximum atomic E-state index is 11.8. The highest BCUT2D eigenvalue weighted by molar-refractivity contribution is 7.90. The van der Waals surface area contributed by atoms with Crippen molar-refractivity contribution in [1.82, 2.24) is 4.72 Å². The maximum absolute atomic E-state index is 11.8. The summed E-state index contributed by atoms with van der Waals surface area (Å²) in [5.41, 5.74) is 1.41. The molecule has 6 nitrogen and oxygen atoms in total. The molecule has 0 amide bonds. The van der Waals surface area contributed by atoms with Crippen molar-refractivity contribution >= 4 is 22.1 Å². The average molecular weight is 308 g/mol. The van der Waals surface area contributed by atoms with Gasteiger partial charge in [-0.2, -0.15) is 5.26 Å². The summed E-state index contributed by atoms with van der Waals surface area (Å²) in [4.78, 5) is 10.4. The number of nitrogens with one attached hydrogen (secondary N) is 1. The molecule has 1 aromatic carbocycles. The van der Waals surface area contributed by atoms with Gasteiger partial charge in [0.1, 0.15) is 0 Å². The van der Waals surface area contributed by atoms with E-state index >= 15 is 0 Å². The average Bonchev–Trinajstić information content (AvgIpc) is 2.44. The summed E-state index contributed by atoms with van der Waals surface area (Å²) >= 11 is 0. The molecule has 0 saturated heterocycles. The second kappa shape index (κ2) is 7.02. The summed E-state index contributed by atoms with van der Waals surface area (Å²) < 4.78 is 26.0. The lowest BCUT2D eigenvalue weighted by Gasteiger charge is -2.15. The zero-order valence-electron chi connectivity index (χ0n) is 11.6. The van der Waals surface area contributed by atoms with Crippen LogP contribution in [0, 0.1) is 11.3 Å². The third-order valence-electron chi connectivity index (χ3n) is 2.84. The van der Waals surface area contributed by atoms with Crippen molar-refractivity contribution in [1.29, 1.82) is 5.26 Å². The lowest BCUT2D eigenvalue weighted by atomic mass is 10.1. The third-order valence-corrected chi connectivity index (χ3v) is 4.56. The van der Waals surface area contributed by atoms with Crippen LogP contribution in [-0.2, 0) is 14.8 Å². The van der Waals surface area contributed by atoms with Gasteiger partial charge in [0.2, 0.25) is 10.0 Å². The number of nitriles is 1. The minimum Gasteiger partial charge on any atom is -0.478 e. The minimum atomic E-state index is -3.69. The first-order valence-corrected chi connectivity index (χ1v) is 7.72. The Morgan fingerprint density at radius 1 is 1.33 bits per heavy atom. The van der Waals surface area contributed by atoms with Crippen molar-refractivity contribution in [3.8, 4) is 6.07 Å². The van der Waals surface area contributed by atoms with E-state index in [0.717, 1.165) is 11.6 Å². The third kappa shape index (κ3) is 5.02. The van der Waals surface area contributed by atoms with Crippen molar-refractivity contribution < 1.29 is 18.3 Å². The number of carboxylic acid groups (broad SMARTS) is 1. The Morgan fingerprint density at radius 2 is 1.90 bits per heavy atom. The van der Waals surface area contributed by atoms with Gasteiger partial charge in [-0.1, -0.05) is 24.3 Å². The molecule has 0 saturated carbocycles. The number of rotatable bonds is 6. The molecule has 0 fully saturated rings. The molecule has 0 aliphatic heterocycles. The fourth-order valence-corrected chi connectivity index (χ4v) is 2.52. The largest absolute Gasteiger partial charge is 0.478 e. The van der Waals surface area contributed by atoms with Gasteiger partial charge in [0.25, 0.3) is 0 Å². The van der Waals surface area contributed by atoms with Gasteiger partial charge in [-0.25, -0.2) is 17.9 Å². The van der Waals surface area contributed by atoms with Crippen molar-refractivity contribution in [2.75, 3.05) is 0 Å². The highest BCUT2D eigenvalue weighted by Gasteiger charge is 2.22. The van der Waals surface area contributed by atoms with E-state index in [4.69, 9.17) is 10.4 Å². The van der Waals surface area contributed by atoms with E-state index in [9.17, 15) is 13.2 Å². The molecule has 0 bridgehead atoms. The van der Waals surface area contributed by atoms with Gasteiger partial charge in [0, 0.05) is 12.1 Å². The molecule has 0 spiro atoms. The summed E-state index contributed by atoms with van der Waals surface area (Å²) in [6.45, 7) is 2.98. The molecule has 1 rings (SSSR count). The first-order valence-electron chi connectivity index (χ1n) is 6.18. The predicted octanol–water partition coefficient (Wildman–Crippen LogP) is 1.68. The molecule has 112 valence electrons. The normalized spacial score (nSPS) is 14.5. The smallest absolute Gasteiger partial charge is 0.328 e. The number of carboxylic acids is 1. The van der Waals surface area contributed by atoms with Gasteiger partial charge in [-0.3, -0.25) is 0 Å². The zero-order valence-corrected chi connectivity index (χ0v) is 12.5. The van der Waals surface area contributed by atoms with Gasteiger partial charge in [0.05, 0.1) is 6.07 Å². The van der Waals surface area contributed by atoms with Gasteiger partial charge in [-0.05, 0) is 31.1 Å². The van der Waals surface area contributed by atoms with Crippen LogP contribution in [0.5, 0.6) is 0 Å². The molecule has 2 unspecified atom stereocenters. The minimum absolute atomic E-state index is 0.483. The molecular formula is C14H16N2O4S. The molecular weight excluding hydrogens is 292 g/mol. The molecule has 21 heavy (non-hydrogen) atoms. The van der Waals surface area contributed by atoms with E-state index in [2.05, 4.69) is 4.72 Å². The molecule has 0 radical (unpaired) electrons. The molecule has 2 N–H and O–H groups in total. The fraction of sp³-hybridized carbons (Fsp3) is 0.286. The number of hydrogen-bond acceptors (Lipinski definition) is 4. The summed E-state index contributed by atoms with van der Waals surface area (Å²) in [6, 6.07) is 7.98. The van der Waals surface area contributed by atoms with Crippen molar-refractivity contribution in [3.05, 3.63) is 41.5 Å². The second-order valence-corrected chi connectivity index (χ2v) is 6.53. The highest BCUT2D eigenvalue weighted by Crippen LogP contribution is 2.16. The topological polar surface area (TPSA) is 107 Å². The first kappa shape index (κ1) is 16.9. The molecule has 0 aromatic heterocycles. The standard InChI is InChI=1S/C14H16N2O4S/c1-10(9-15)21(19,20)16-11(2)13-6-3-12(4-7-13)5-8-14(17)18/h3-8,10-11,16H,1-2H3,(H,17,18). The van der Waals surface area contributed by atoms with E-state index in [1.54, 1.807) is 37.3 Å². The van der Waals surface area contributed by atoms with Crippen molar-refractivity contribution in [2.45, 2.75) is 25.1 Å². The number of aliphatic carboxylic acids is 1. The Bertz CT molecular complexity index is 672. The SMILES string of the molecule is CC(NS(=O)(=O)C(C)C#N)c1ccc(C=CC(=O)O)cc1. The molecule has 2 atom stereocenters. The van der Waals surface area contributed by atoms with E-state index in [1.165, 1.54) is 13.0 Å². The first-order chi connectivity index (χ1) is 9.76. The monoisotopic (exact) mass is 308 g/mol. The van der Waals surface area contributed by atoms with Crippen LogP contribution in [0.4, 0.5) is 0 Å². The number of carbonyl (C=O) groups is 1. The summed E-state index contributed by atoms with van der Waals surface area (Å²) in [5.74, 6) is -1.04. The Morgan fingerprint density at radius 3 is 2.38 bits per heavy atom. The number of nitrogens with zero attached hydrogens (tertiary/aromatic N) is 1. The Balaban J connectivity index is 2.83. The van der Waals surface area contributed by atoms with Crippen LogP contribution in [0.25, 0.3) is 6.08 Å².